The molecule has 4 heteroatoms. The van der Waals surface area contributed by atoms with Crippen molar-refractivity contribution in [1.29, 1.82) is 0 Å². The lowest BCUT2D eigenvalue weighted by Gasteiger charge is -2.35. The highest BCUT2D eigenvalue weighted by atomic mass is 15.1. The molecule has 0 amide bonds. The summed E-state index contributed by atoms with van der Waals surface area (Å²) >= 11 is 0. The van der Waals surface area contributed by atoms with Crippen molar-refractivity contribution in [2.45, 2.75) is 0 Å². The molecule has 13 aromatic carbocycles. The average Bonchev–Trinajstić information content (AvgIpc) is 2.88. The normalized spacial score (nSPS) is 13.1. The molecule has 0 saturated carbocycles. The molecular formula is C74H40BN3. The smallest absolute Gasteiger partial charge is 0.252 e. The van der Waals surface area contributed by atoms with E-state index < -0.39 is 0 Å². The molecule has 16 aromatic rings. The van der Waals surface area contributed by atoms with Crippen LogP contribution in [0.5, 0.6) is 0 Å². The van der Waals surface area contributed by atoms with Crippen LogP contribution in [-0.4, -0.2) is 20.4 Å². The van der Waals surface area contributed by atoms with Gasteiger partial charge in [0, 0.05) is 43.7 Å². The summed E-state index contributed by atoms with van der Waals surface area (Å²) in [5.41, 5.74) is 30.4. The van der Waals surface area contributed by atoms with Crippen molar-refractivity contribution in [2.24, 2.45) is 0 Å². The Balaban J connectivity index is 0.996. The van der Waals surface area contributed by atoms with Crippen LogP contribution < -0.4 is 16.4 Å². The third-order valence-corrected chi connectivity index (χ3v) is 18.6. The number of hydrogen-bond acceptors (Lipinski definition) is 0. The van der Waals surface area contributed by atoms with E-state index in [4.69, 9.17) is 0 Å². The molecule has 5 heterocycles. The second kappa shape index (κ2) is 14.0. The van der Waals surface area contributed by atoms with Gasteiger partial charge in [0.15, 0.2) is 0 Å². The van der Waals surface area contributed by atoms with Crippen molar-refractivity contribution >= 4 is 110 Å². The number of aromatic nitrogens is 3. The van der Waals surface area contributed by atoms with Gasteiger partial charge >= 0.3 is 0 Å². The topological polar surface area (TPSA) is 14.8 Å². The molecule has 0 saturated heterocycles. The van der Waals surface area contributed by atoms with Gasteiger partial charge in [-0.3, -0.25) is 0 Å². The van der Waals surface area contributed by atoms with Crippen molar-refractivity contribution in [3.05, 3.63) is 243 Å². The molecule has 0 spiro atoms. The zero-order valence-corrected chi connectivity index (χ0v) is 42.0. The van der Waals surface area contributed by atoms with Crippen LogP contribution in [0.25, 0.3) is 171 Å². The molecule has 0 N–H and O–H groups in total. The monoisotopic (exact) mass is 981 g/mol. The Hall–Kier alpha value is -10.2. The summed E-state index contributed by atoms with van der Waals surface area (Å²) < 4.78 is 7.96. The van der Waals surface area contributed by atoms with Crippen molar-refractivity contribution in [3.63, 3.8) is 0 Å². The fourth-order valence-electron chi connectivity index (χ4n) is 15.7. The highest BCUT2D eigenvalue weighted by Crippen LogP contribution is 2.54. The Bertz CT molecular complexity index is 5160. The first-order chi connectivity index (χ1) is 38.7. The summed E-state index contributed by atoms with van der Waals surface area (Å²) in [4.78, 5) is 0. The maximum Gasteiger partial charge on any atom is 0.252 e. The molecule has 0 unspecified atom stereocenters. The Morgan fingerprint density at radius 1 is 0.256 bits per heavy atom. The standard InChI is InChI=1S/C74H40BN3/c1-3-15-41(16-4-1)43-31-33-60-56(35-43)57-36-44(42-17-5-2-6-18-42)32-34-61(57)76(60)47-39-64-72-65(40-47)78-63-30-14-28-55-51-24-10-8-22-49(51)53-26-12-20-46-38-59(74(78)71(67(46)53)69(55)63)75(72)58-37-45-19-11-25-52-48-21-7-9-23-50(48)54-27-13-29-62-68(54)70(66(45)52)73(58)77(62)64/h1-40H. The summed E-state index contributed by atoms with van der Waals surface area (Å²) in [5.74, 6) is 0. The Morgan fingerprint density at radius 3 is 1.10 bits per heavy atom. The Labute approximate surface area is 447 Å². The molecular weight excluding hydrogens is 942 g/mol. The molecule has 2 aliphatic carbocycles. The van der Waals surface area contributed by atoms with Gasteiger partial charge in [-0.2, -0.15) is 0 Å². The fraction of sp³-hybridized carbons (Fsp3) is 0. The molecule has 20 rings (SSSR count). The van der Waals surface area contributed by atoms with Crippen LogP contribution in [0.3, 0.4) is 0 Å². The van der Waals surface area contributed by atoms with Crippen molar-refractivity contribution in [1.82, 2.24) is 13.7 Å². The van der Waals surface area contributed by atoms with Gasteiger partial charge in [0.1, 0.15) is 0 Å². The lowest BCUT2D eigenvalue weighted by atomic mass is 9.34. The van der Waals surface area contributed by atoms with Gasteiger partial charge in [-0.15, -0.1) is 0 Å². The van der Waals surface area contributed by atoms with Gasteiger partial charge in [-0.1, -0.05) is 194 Å². The van der Waals surface area contributed by atoms with Gasteiger partial charge < -0.3 is 13.7 Å². The van der Waals surface area contributed by atoms with E-state index in [1.807, 2.05) is 0 Å². The second-order valence-electron chi connectivity index (χ2n) is 22.2. The highest BCUT2D eigenvalue weighted by Gasteiger charge is 2.44. The third-order valence-electron chi connectivity index (χ3n) is 18.6. The molecule has 0 bridgehead atoms. The Kier molecular flexibility index (Phi) is 7.22. The van der Waals surface area contributed by atoms with Gasteiger partial charge in [0.05, 0.1) is 38.8 Å². The minimum absolute atomic E-state index is 0.0537. The van der Waals surface area contributed by atoms with Crippen LogP contribution in [0.2, 0.25) is 0 Å². The summed E-state index contributed by atoms with van der Waals surface area (Å²) in [6, 6.07) is 92.6. The first kappa shape index (κ1) is 40.2. The predicted molar refractivity (Wildman–Crippen MR) is 329 cm³/mol. The predicted octanol–water partition coefficient (Wildman–Crippen LogP) is 17.1. The SMILES string of the molecule is c1ccc(-c2ccc3c(c2)c2cc(-c4ccccc4)ccc2n3-c2cc3c4c(c2)-n2c5cccc6c5c5c7c(cccc7cc(c52)B4c2cc4cccc5c4c4c7c(cccc7n-3c24)-c2ccccc2-5)-c2ccccc2-6)cc1. The van der Waals surface area contributed by atoms with Crippen LogP contribution in [0, 0.1) is 0 Å². The van der Waals surface area contributed by atoms with E-state index in [-0.39, 0.29) is 6.71 Å². The summed E-state index contributed by atoms with van der Waals surface area (Å²) in [6.45, 7) is -0.0537. The van der Waals surface area contributed by atoms with E-state index >= 15 is 0 Å². The van der Waals surface area contributed by atoms with E-state index in [0.717, 1.165) is 5.69 Å². The van der Waals surface area contributed by atoms with Crippen molar-refractivity contribution in [2.75, 3.05) is 0 Å². The van der Waals surface area contributed by atoms with Gasteiger partial charge in [0.25, 0.3) is 6.71 Å². The molecule has 78 heavy (non-hydrogen) atoms. The fourth-order valence-corrected chi connectivity index (χ4v) is 15.7. The molecule has 0 radical (unpaired) electrons. The van der Waals surface area contributed by atoms with Crippen LogP contribution in [0.4, 0.5) is 0 Å². The first-order valence-electron chi connectivity index (χ1n) is 27.4. The molecule has 0 fully saturated rings. The number of benzene rings is 13. The molecule has 0 atom stereocenters. The van der Waals surface area contributed by atoms with E-state index in [9.17, 15) is 0 Å². The minimum atomic E-state index is -0.0537. The van der Waals surface area contributed by atoms with Crippen molar-refractivity contribution < 1.29 is 0 Å². The van der Waals surface area contributed by atoms with E-state index in [1.165, 1.54) is 181 Å². The molecule has 3 nitrogen and oxygen atoms in total. The van der Waals surface area contributed by atoms with E-state index in [0.29, 0.717) is 0 Å². The van der Waals surface area contributed by atoms with Gasteiger partial charge in [-0.25, -0.2) is 0 Å². The number of hydrogen-bond donors (Lipinski definition) is 0. The zero-order chi connectivity index (χ0) is 50.2. The molecule has 2 aliphatic heterocycles. The van der Waals surface area contributed by atoms with Gasteiger partial charge in [-0.05, 0) is 153 Å². The Morgan fingerprint density at radius 2 is 0.654 bits per heavy atom. The lowest BCUT2D eigenvalue weighted by Crippen LogP contribution is -2.59. The summed E-state index contributed by atoms with van der Waals surface area (Å²) in [5, 5.41) is 13.1. The maximum atomic E-state index is 2.69. The van der Waals surface area contributed by atoms with Crippen LogP contribution >= 0.6 is 0 Å². The molecule has 354 valence electrons. The number of nitrogens with zero attached hydrogens (tertiary/aromatic N) is 3. The first-order valence-corrected chi connectivity index (χ1v) is 27.4. The van der Waals surface area contributed by atoms with Crippen LogP contribution in [0.15, 0.2) is 243 Å². The van der Waals surface area contributed by atoms with E-state index in [1.54, 1.807) is 0 Å². The van der Waals surface area contributed by atoms with Crippen molar-refractivity contribution in [3.8, 4) is 83.8 Å². The minimum Gasteiger partial charge on any atom is -0.310 e. The van der Waals surface area contributed by atoms with Gasteiger partial charge in [0.2, 0.25) is 0 Å². The molecule has 4 aliphatic rings. The summed E-state index contributed by atoms with van der Waals surface area (Å²) in [6.07, 6.45) is 0. The van der Waals surface area contributed by atoms with E-state index in [2.05, 4.69) is 256 Å². The second-order valence-corrected chi connectivity index (χ2v) is 22.2. The zero-order valence-electron chi connectivity index (χ0n) is 42.0. The van der Waals surface area contributed by atoms with Crippen LogP contribution in [0.1, 0.15) is 0 Å². The lowest BCUT2D eigenvalue weighted by molar-refractivity contribution is 1.10. The molecule has 3 aromatic heterocycles. The maximum absolute atomic E-state index is 2.69. The number of fused-ring (bicyclic) bond motifs is 15. The van der Waals surface area contributed by atoms with Crippen LogP contribution in [-0.2, 0) is 0 Å². The highest BCUT2D eigenvalue weighted by molar-refractivity contribution is 7.00. The quantitative estimate of drug-likeness (QED) is 0.157. The number of rotatable bonds is 3. The summed E-state index contributed by atoms with van der Waals surface area (Å²) in [7, 11) is 0. The largest absolute Gasteiger partial charge is 0.310 e. The third kappa shape index (κ3) is 4.73. The average molecular weight is 982 g/mol.